The van der Waals surface area contributed by atoms with Crippen LogP contribution in [0.4, 0.5) is 4.39 Å². The average molecular weight is 306 g/mol. The molecule has 0 aliphatic carbocycles. The van der Waals surface area contributed by atoms with E-state index in [0.717, 1.165) is 19.5 Å². The lowest BCUT2D eigenvalue weighted by Gasteiger charge is -2.31. The quantitative estimate of drug-likeness (QED) is 0.504. The van der Waals surface area contributed by atoms with Crippen LogP contribution in [0.5, 0.6) is 0 Å². The number of nitrogens with one attached hydrogen (secondary N) is 1. The van der Waals surface area contributed by atoms with Gasteiger partial charge in [-0.25, -0.2) is 4.39 Å². The van der Waals surface area contributed by atoms with E-state index in [0.29, 0.717) is 25.0 Å². The Morgan fingerprint density at radius 1 is 1.50 bits per heavy atom. The summed E-state index contributed by atoms with van der Waals surface area (Å²) in [5.74, 6) is 0.193. The molecule has 0 radical (unpaired) electrons. The fourth-order valence-corrected chi connectivity index (χ4v) is 2.58. The number of guanidine groups is 1. The van der Waals surface area contributed by atoms with E-state index < -0.39 is 11.7 Å². The highest BCUT2D eigenvalue weighted by atomic mass is 19.1. The molecular formula is C16H23FN4O. The maximum atomic E-state index is 13.4. The molecule has 5 nitrogen and oxygen atoms in total. The molecule has 1 unspecified atom stereocenters. The van der Waals surface area contributed by atoms with Gasteiger partial charge in [-0.3, -0.25) is 9.79 Å². The Morgan fingerprint density at radius 2 is 2.27 bits per heavy atom. The predicted octanol–water partition coefficient (Wildman–Crippen LogP) is 1.60. The van der Waals surface area contributed by atoms with Gasteiger partial charge < -0.3 is 16.0 Å². The molecule has 1 aromatic carbocycles. The number of carbonyl (C=O) groups excluding carboxylic acids is 1. The Balaban J connectivity index is 1.77. The van der Waals surface area contributed by atoms with Gasteiger partial charge in [-0.2, -0.15) is 0 Å². The van der Waals surface area contributed by atoms with E-state index in [9.17, 15) is 9.18 Å². The van der Waals surface area contributed by atoms with Crippen LogP contribution in [0, 0.1) is 11.7 Å². The number of amides is 1. The summed E-state index contributed by atoms with van der Waals surface area (Å²) < 4.78 is 13.4. The zero-order chi connectivity index (χ0) is 15.9. The molecule has 1 amide bonds. The van der Waals surface area contributed by atoms with E-state index in [1.54, 1.807) is 12.1 Å². The van der Waals surface area contributed by atoms with Crippen LogP contribution in [-0.4, -0.2) is 42.9 Å². The summed E-state index contributed by atoms with van der Waals surface area (Å²) in [6, 6.07) is 5.91. The molecule has 1 heterocycles. The molecule has 1 aliphatic heterocycles. The van der Waals surface area contributed by atoms with Crippen molar-refractivity contribution in [2.45, 2.75) is 19.8 Å². The monoisotopic (exact) mass is 306 g/mol. The SMILES string of the molecule is CC1CCCN(C(N)=NCCNC(=O)c2ccccc2F)C1. The summed E-state index contributed by atoms with van der Waals surface area (Å²) in [5, 5.41) is 2.65. The van der Waals surface area contributed by atoms with Crippen molar-refractivity contribution in [1.29, 1.82) is 0 Å². The third-order valence-corrected chi connectivity index (χ3v) is 3.77. The van der Waals surface area contributed by atoms with Gasteiger partial charge in [0.2, 0.25) is 0 Å². The number of piperidine rings is 1. The van der Waals surface area contributed by atoms with Gasteiger partial charge in [0.15, 0.2) is 5.96 Å². The van der Waals surface area contributed by atoms with Gasteiger partial charge in [0.05, 0.1) is 12.1 Å². The fraction of sp³-hybridized carbons (Fsp3) is 0.500. The lowest BCUT2D eigenvalue weighted by molar-refractivity contribution is 0.0951. The highest BCUT2D eigenvalue weighted by Crippen LogP contribution is 2.14. The maximum absolute atomic E-state index is 13.4. The first kappa shape index (κ1) is 16.3. The molecule has 6 heteroatoms. The lowest BCUT2D eigenvalue weighted by Crippen LogP contribution is -2.43. The minimum absolute atomic E-state index is 0.0457. The minimum atomic E-state index is -0.523. The lowest BCUT2D eigenvalue weighted by atomic mass is 10.0. The van der Waals surface area contributed by atoms with Crippen molar-refractivity contribution in [2.24, 2.45) is 16.6 Å². The summed E-state index contributed by atoms with van der Waals surface area (Å²) in [6.07, 6.45) is 2.35. The fourth-order valence-electron chi connectivity index (χ4n) is 2.58. The Morgan fingerprint density at radius 3 is 3.00 bits per heavy atom. The first-order chi connectivity index (χ1) is 10.6. The average Bonchev–Trinajstić information content (AvgIpc) is 2.51. The molecule has 0 aromatic heterocycles. The van der Waals surface area contributed by atoms with E-state index in [1.165, 1.54) is 18.6 Å². The molecule has 120 valence electrons. The Hall–Kier alpha value is -2.11. The van der Waals surface area contributed by atoms with E-state index >= 15 is 0 Å². The number of likely N-dealkylation sites (tertiary alicyclic amines) is 1. The molecule has 3 N–H and O–H groups in total. The highest BCUT2D eigenvalue weighted by Gasteiger charge is 2.17. The van der Waals surface area contributed by atoms with Crippen molar-refractivity contribution >= 4 is 11.9 Å². The second kappa shape index (κ2) is 7.77. The number of rotatable bonds is 4. The number of nitrogens with two attached hydrogens (primary N) is 1. The summed E-state index contributed by atoms with van der Waals surface area (Å²) in [5.41, 5.74) is 6.01. The standard InChI is InChI=1S/C16H23FN4O/c1-12-5-4-10-21(11-12)16(18)20-9-8-19-15(22)13-6-2-3-7-14(13)17/h2-3,6-7,12H,4-5,8-11H2,1H3,(H2,18,20)(H,19,22). The van der Waals surface area contributed by atoms with Gasteiger partial charge in [0.25, 0.3) is 5.91 Å². The van der Waals surface area contributed by atoms with Crippen molar-refractivity contribution < 1.29 is 9.18 Å². The van der Waals surface area contributed by atoms with Gasteiger partial charge in [-0.05, 0) is 30.9 Å². The molecule has 1 aliphatic rings. The van der Waals surface area contributed by atoms with E-state index in [-0.39, 0.29) is 5.56 Å². The van der Waals surface area contributed by atoms with Gasteiger partial charge in [0.1, 0.15) is 5.82 Å². The smallest absolute Gasteiger partial charge is 0.254 e. The number of carbonyl (C=O) groups is 1. The molecule has 0 spiro atoms. The molecule has 0 saturated carbocycles. The van der Waals surface area contributed by atoms with Crippen LogP contribution in [0.2, 0.25) is 0 Å². The Bertz CT molecular complexity index is 547. The van der Waals surface area contributed by atoms with Crippen LogP contribution in [0.3, 0.4) is 0 Å². The summed E-state index contributed by atoms with van der Waals surface area (Å²) in [4.78, 5) is 18.2. The summed E-state index contributed by atoms with van der Waals surface area (Å²) >= 11 is 0. The Kier molecular flexibility index (Phi) is 5.75. The highest BCUT2D eigenvalue weighted by molar-refractivity contribution is 5.94. The molecular weight excluding hydrogens is 283 g/mol. The van der Waals surface area contributed by atoms with Crippen molar-refractivity contribution in [3.05, 3.63) is 35.6 Å². The number of benzene rings is 1. The zero-order valence-corrected chi connectivity index (χ0v) is 12.9. The normalized spacial score (nSPS) is 19.1. The van der Waals surface area contributed by atoms with Gasteiger partial charge >= 0.3 is 0 Å². The number of halogens is 1. The van der Waals surface area contributed by atoms with Crippen molar-refractivity contribution in [3.8, 4) is 0 Å². The predicted molar refractivity (Wildman–Crippen MR) is 85.2 cm³/mol. The summed E-state index contributed by atoms with van der Waals surface area (Å²) in [7, 11) is 0. The van der Waals surface area contributed by atoms with Crippen molar-refractivity contribution in [1.82, 2.24) is 10.2 Å². The summed E-state index contributed by atoms with van der Waals surface area (Å²) in [6.45, 7) is 4.78. The molecule has 1 fully saturated rings. The number of aliphatic imine (C=N–C) groups is 1. The molecule has 1 aromatic rings. The van der Waals surface area contributed by atoms with Gasteiger partial charge in [-0.1, -0.05) is 19.1 Å². The van der Waals surface area contributed by atoms with Crippen molar-refractivity contribution in [2.75, 3.05) is 26.2 Å². The largest absolute Gasteiger partial charge is 0.370 e. The van der Waals surface area contributed by atoms with Crippen LogP contribution < -0.4 is 11.1 Å². The molecule has 22 heavy (non-hydrogen) atoms. The topological polar surface area (TPSA) is 70.7 Å². The molecule has 0 bridgehead atoms. The van der Waals surface area contributed by atoms with Gasteiger partial charge in [0, 0.05) is 19.6 Å². The number of hydrogen-bond donors (Lipinski definition) is 2. The first-order valence-corrected chi connectivity index (χ1v) is 7.65. The van der Waals surface area contributed by atoms with Crippen LogP contribution >= 0.6 is 0 Å². The second-order valence-corrected chi connectivity index (χ2v) is 5.67. The van der Waals surface area contributed by atoms with Crippen LogP contribution in [0.1, 0.15) is 30.1 Å². The molecule has 1 saturated heterocycles. The molecule has 1 atom stereocenters. The Labute approximate surface area is 130 Å². The maximum Gasteiger partial charge on any atom is 0.254 e. The van der Waals surface area contributed by atoms with Crippen LogP contribution in [-0.2, 0) is 0 Å². The van der Waals surface area contributed by atoms with E-state index in [2.05, 4.69) is 22.1 Å². The first-order valence-electron chi connectivity index (χ1n) is 7.65. The number of nitrogens with zero attached hydrogens (tertiary/aromatic N) is 2. The second-order valence-electron chi connectivity index (χ2n) is 5.67. The third kappa shape index (κ3) is 4.44. The molecule has 2 rings (SSSR count). The van der Waals surface area contributed by atoms with E-state index in [4.69, 9.17) is 5.73 Å². The number of hydrogen-bond acceptors (Lipinski definition) is 2. The van der Waals surface area contributed by atoms with Crippen LogP contribution in [0.15, 0.2) is 29.3 Å². The zero-order valence-electron chi connectivity index (χ0n) is 12.9. The van der Waals surface area contributed by atoms with E-state index in [1.807, 2.05) is 0 Å². The van der Waals surface area contributed by atoms with Crippen molar-refractivity contribution in [3.63, 3.8) is 0 Å². The minimum Gasteiger partial charge on any atom is -0.370 e. The van der Waals surface area contributed by atoms with Crippen LogP contribution in [0.25, 0.3) is 0 Å². The third-order valence-electron chi connectivity index (χ3n) is 3.77. The van der Waals surface area contributed by atoms with Gasteiger partial charge in [-0.15, -0.1) is 0 Å².